The van der Waals surface area contributed by atoms with Crippen LogP contribution in [0.4, 0.5) is 5.69 Å². The highest BCUT2D eigenvalue weighted by Gasteiger charge is 2.25. The summed E-state index contributed by atoms with van der Waals surface area (Å²) in [6.45, 7) is 12.0. The van der Waals surface area contributed by atoms with Gasteiger partial charge in [0.25, 0.3) is 0 Å². The maximum atomic E-state index is 5.67. The average molecular weight is 290 g/mol. The summed E-state index contributed by atoms with van der Waals surface area (Å²) in [5.74, 6) is 1.71. The van der Waals surface area contributed by atoms with Crippen molar-refractivity contribution in [3.05, 3.63) is 24.3 Å². The van der Waals surface area contributed by atoms with E-state index in [1.807, 2.05) is 0 Å². The second kappa shape index (κ2) is 7.69. The summed E-state index contributed by atoms with van der Waals surface area (Å²) in [6, 6.07) is 9.71. The zero-order valence-electron chi connectivity index (χ0n) is 13.9. The van der Waals surface area contributed by atoms with E-state index in [2.05, 4.69) is 62.2 Å². The summed E-state index contributed by atoms with van der Waals surface area (Å²) in [7, 11) is 0. The van der Waals surface area contributed by atoms with E-state index < -0.39 is 0 Å². The van der Waals surface area contributed by atoms with Crippen LogP contribution in [0.25, 0.3) is 0 Å². The van der Waals surface area contributed by atoms with Crippen molar-refractivity contribution < 1.29 is 4.74 Å². The Morgan fingerprint density at radius 3 is 2.62 bits per heavy atom. The van der Waals surface area contributed by atoms with Gasteiger partial charge in [-0.1, -0.05) is 20.8 Å². The van der Waals surface area contributed by atoms with Gasteiger partial charge in [0.05, 0.1) is 6.61 Å². The van der Waals surface area contributed by atoms with Crippen LogP contribution in [0.3, 0.4) is 0 Å². The first-order valence-electron chi connectivity index (χ1n) is 8.33. The van der Waals surface area contributed by atoms with Crippen LogP contribution in [0, 0.1) is 5.92 Å². The van der Waals surface area contributed by atoms with Crippen molar-refractivity contribution in [2.75, 3.05) is 24.6 Å². The predicted octanol–water partition coefficient (Wildman–Crippen LogP) is 3.69. The van der Waals surface area contributed by atoms with Gasteiger partial charge in [0.2, 0.25) is 0 Å². The summed E-state index contributed by atoms with van der Waals surface area (Å²) in [5, 5.41) is 3.67. The quantitative estimate of drug-likeness (QED) is 0.865. The van der Waals surface area contributed by atoms with Gasteiger partial charge < -0.3 is 15.0 Å². The molecule has 1 N–H and O–H groups in total. The largest absolute Gasteiger partial charge is 0.494 e. The second-order valence-electron chi connectivity index (χ2n) is 6.58. The summed E-state index contributed by atoms with van der Waals surface area (Å²) >= 11 is 0. The van der Waals surface area contributed by atoms with Crippen LogP contribution >= 0.6 is 0 Å². The Morgan fingerprint density at radius 2 is 2.00 bits per heavy atom. The molecule has 2 unspecified atom stereocenters. The fraction of sp³-hybridized carbons (Fsp3) is 0.667. The molecule has 3 nitrogen and oxygen atoms in total. The minimum atomic E-state index is 0.538. The normalized spacial score (nSPS) is 22.6. The van der Waals surface area contributed by atoms with Crippen molar-refractivity contribution in [2.24, 2.45) is 5.92 Å². The zero-order chi connectivity index (χ0) is 15.2. The third-order valence-electron chi connectivity index (χ3n) is 4.05. The second-order valence-corrected chi connectivity index (χ2v) is 6.58. The van der Waals surface area contributed by atoms with Gasteiger partial charge in [0, 0.05) is 30.9 Å². The zero-order valence-corrected chi connectivity index (χ0v) is 13.9. The van der Waals surface area contributed by atoms with E-state index in [0.717, 1.165) is 37.8 Å². The number of piperazine rings is 1. The van der Waals surface area contributed by atoms with Crippen molar-refractivity contribution >= 4 is 5.69 Å². The monoisotopic (exact) mass is 290 g/mol. The van der Waals surface area contributed by atoms with Crippen molar-refractivity contribution in [3.63, 3.8) is 0 Å². The molecule has 118 valence electrons. The Bertz CT molecular complexity index is 416. The molecule has 3 heteroatoms. The molecule has 0 spiro atoms. The van der Waals surface area contributed by atoms with Gasteiger partial charge >= 0.3 is 0 Å². The van der Waals surface area contributed by atoms with E-state index in [4.69, 9.17) is 4.74 Å². The Kier molecular flexibility index (Phi) is 5.92. The van der Waals surface area contributed by atoms with Gasteiger partial charge in [-0.25, -0.2) is 0 Å². The standard InChI is InChI=1S/C18H30N2O/c1-5-10-21-18-8-6-17(7-9-18)20-13-16(11-14(2)3)19-12-15(20)4/h6-9,14-16,19H,5,10-13H2,1-4H3. The van der Waals surface area contributed by atoms with Gasteiger partial charge in [-0.05, 0) is 49.9 Å². The van der Waals surface area contributed by atoms with Crippen molar-refractivity contribution in [2.45, 2.75) is 52.6 Å². The van der Waals surface area contributed by atoms with E-state index in [1.165, 1.54) is 12.1 Å². The Balaban J connectivity index is 2.00. The molecule has 1 aromatic carbocycles. The smallest absolute Gasteiger partial charge is 0.119 e. The predicted molar refractivity (Wildman–Crippen MR) is 90.3 cm³/mol. The molecule has 0 aromatic heterocycles. The number of hydrogen-bond acceptors (Lipinski definition) is 3. The van der Waals surface area contributed by atoms with Crippen molar-refractivity contribution in [1.82, 2.24) is 5.32 Å². The lowest BCUT2D eigenvalue weighted by molar-refractivity contribution is 0.317. The Hall–Kier alpha value is -1.22. The molecular weight excluding hydrogens is 260 g/mol. The van der Waals surface area contributed by atoms with Crippen LogP contribution < -0.4 is 15.0 Å². The highest BCUT2D eigenvalue weighted by atomic mass is 16.5. The molecule has 0 radical (unpaired) electrons. The van der Waals surface area contributed by atoms with E-state index in [9.17, 15) is 0 Å². The minimum absolute atomic E-state index is 0.538. The highest BCUT2D eigenvalue weighted by molar-refractivity contribution is 5.50. The van der Waals surface area contributed by atoms with Crippen LogP contribution in [0.15, 0.2) is 24.3 Å². The molecule has 0 saturated carbocycles. The van der Waals surface area contributed by atoms with Crippen LogP contribution in [0.2, 0.25) is 0 Å². The fourth-order valence-corrected chi connectivity index (χ4v) is 2.97. The molecule has 1 aliphatic rings. The maximum absolute atomic E-state index is 5.67. The van der Waals surface area contributed by atoms with E-state index in [0.29, 0.717) is 12.1 Å². The third kappa shape index (κ3) is 4.63. The lowest BCUT2D eigenvalue weighted by Gasteiger charge is -2.41. The number of benzene rings is 1. The van der Waals surface area contributed by atoms with Gasteiger partial charge in [-0.2, -0.15) is 0 Å². The Morgan fingerprint density at radius 1 is 1.29 bits per heavy atom. The average Bonchev–Trinajstić information content (AvgIpc) is 2.47. The lowest BCUT2D eigenvalue weighted by atomic mass is 9.99. The van der Waals surface area contributed by atoms with Crippen LogP contribution in [0.5, 0.6) is 5.75 Å². The third-order valence-corrected chi connectivity index (χ3v) is 4.05. The van der Waals surface area contributed by atoms with Crippen molar-refractivity contribution in [3.8, 4) is 5.75 Å². The number of nitrogens with one attached hydrogen (secondary N) is 1. The molecule has 1 aliphatic heterocycles. The molecule has 0 amide bonds. The fourth-order valence-electron chi connectivity index (χ4n) is 2.97. The molecule has 1 saturated heterocycles. The first kappa shape index (κ1) is 16.2. The maximum Gasteiger partial charge on any atom is 0.119 e. The summed E-state index contributed by atoms with van der Waals surface area (Å²) in [6.07, 6.45) is 2.29. The van der Waals surface area contributed by atoms with E-state index >= 15 is 0 Å². The topological polar surface area (TPSA) is 24.5 Å². The van der Waals surface area contributed by atoms with Gasteiger partial charge in [0.1, 0.15) is 5.75 Å². The Labute approximate surface area is 129 Å². The van der Waals surface area contributed by atoms with Gasteiger partial charge in [-0.15, -0.1) is 0 Å². The lowest BCUT2D eigenvalue weighted by Crippen LogP contribution is -2.55. The molecule has 21 heavy (non-hydrogen) atoms. The molecule has 0 bridgehead atoms. The summed E-state index contributed by atoms with van der Waals surface area (Å²) < 4.78 is 5.67. The van der Waals surface area contributed by atoms with Crippen LogP contribution in [-0.4, -0.2) is 31.8 Å². The summed E-state index contributed by atoms with van der Waals surface area (Å²) in [5.41, 5.74) is 1.31. The molecule has 2 atom stereocenters. The molecule has 2 rings (SSSR count). The van der Waals surface area contributed by atoms with Gasteiger partial charge in [0.15, 0.2) is 0 Å². The number of ether oxygens (including phenoxy) is 1. The highest BCUT2D eigenvalue weighted by Crippen LogP contribution is 2.24. The molecule has 1 aromatic rings. The van der Waals surface area contributed by atoms with Crippen molar-refractivity contribution in [1.29, 1.82) is 0 Å². The molecule has 1 heterocycles. The minimum Gasteiger partial charge on any atom is -0.494 e. The number of hydrogen-bond donors (Lipinski definition) is 1. The summed E-state index contributed by atoms with van der Waals surface area (Å²) in [4.78, 5) is 2.52. The van der Waals surface area contributed by atoms with Gasteiger partial charge in [-0.3, -0.25) is 0 Å². The molecular formula is C18H30N2O. The van der Waals surface area contributed by atoms with Crippen LogP contribution in [-0.2, 0) is 0 Å². The number of rotatable bonds is 6. The molecule has 1 fully saturated rings. The first-order chi connectivity index (χ1) is 10.1. The first-order valence-corrected chi connectivity index (χ1v) is 8.33. The van der Waals surface area contributed by atoms with E-state index in [1.54, 1.807) is 0 Å². The van der Waals surface area contributed by atoms with Crippen LogP contribution in [0.1, 0.15) is 40.5 Å². The number of anilines is 1. The SMILES string of the molecule is CCCOc1ccc(N2CC(CC(C)C)NCC2C)cc1. The molecule has 0 aliphatic carbocycles. The number of nitrogens with zero attached hydrogens (tertiary/aromatic N) is 1. The van der Waals surface area contributed by atoms with E-state index in [-0.39, 0.29) is 0 Å².